The normalized spacial score (nSPS) is 26.8. The maximum absolute atomic E-state index is 5.95. The molecule has 0 unspecified atom stereocenters. The zero-order valence-electron chi connectivity index (χ0n) is 10.2. The van der Waals surface area contributed by atoms with E-state index in [9.17, 15) is 0 Å². The molecule has 18 heavy (non-hydrogen) atoms. The van der Waals surface area contributed by atoms with Crippen LogP contribution in [0, 0.1) is 5.41 Å². The predicted molar refractivity (Wildman–Crippen MR) is 73.9 cm³/mol. The van der Waals surface area contributed by atoms with E-state index in [0.29, 0.717) is 16.7 Å². The summed E-state index contributed by atoms with van der Waals surface area (Å²) in [4.78, 5) is 0. The van der Waals surface area contributed by atoms with Crippen molar-refractivity contribution in [1.29, 1.82) is 0 Å². The van der Waals surface area contributed by atoms with Crippen molar-refractivity contribution in [2.45, 2.75) is 29.7 Å². The number of aromatic nitrogens is 2. The standard InChI is InChI=1S/C11H18N4OS2/c12-9-14-15-10(18-9)17-6-8-5-11(7-16-8)1-3-13-4-2-11/h8,13H,1-7H2,(H2,12,14)/t8-/m0/s1. The maximum Gasteiger partial charge on any atom is 0.203 e. The molecule has 2 aliphatic rings. The second-order valence-electron chi connectivity index (χ2n) is 5.10. The average molecular weight is 286 g/mol. The summed E-state index contributed by atoms with van der Waals surface area (Å²) in [6.07, 6.45) is 4.05. The van der Waals surface area contributed by atoms with Gasteiger partial charge < -0.3 is 15.8 Å². The van der Waals surface area contributed by atoms with E-state index in [0.717, 1.165) is 29.8 Å². The summed E-state index contributed by atoms with van der Waals surface area (Å²) in [6.45, 7) is 3.20. The molecule has 0 aliphatic carbocycles. The van der Waals surface area contributed by atoms with Crippen LogP contribution in [-0.2, 0) is 4.74 Å². The van der Waals surface area contributed by atoms with Gasteiger partial charge >= 0.3 is 0 Å². The highest BCUT2D eigenvalue weighted by atomic mass is 32.2. The topological polar surface area (TPSA) is 73.1 Å². The van der Waals surface area contributed by atoms with Crippen LogP contribution < -0.4 is 11.1 Å². The van der Waals surface area contributed by atoms with Crippen molar-refractivity contribution in [3.8, 4) is 0 Å². The summed E-state index contributed by atoms with van der Waals surface area (Å²) < 4.78 is 6.90. The number of nitrogens with one attached hydrogen (secondary N) is 1. The summed E-state index contributed by atoms with van der Waals surface area (Å²) in [6, 6.07) is 0. The van der Waals surface area contributed by atoms with Gasteiger partial charge in [0.1, 0.15) is 0 Å². The van der Waals surface area contributed by atoms with Crippen LogP contribution in [-0.4, -0.2) is 41.8 Å². The van der Waals surface area contributed by atoms with E-state index in [1.807, 2.05) is 0 Å². The lowest BCUT2D eigenvalue weighted by molar-refractivity contribution is 0.0972. The van der Waals surface area contributed by atoms with Crippen molar-refractivity contribution >= 4 is 28.2 Å². The third-order valence-corrected chi connectivity index (χ3v) is 5.78. The molecular formula is C11H18N4OS2. The van der Waals surface area contributed by atoms with Gasteiger partial charge in [0.05, 0.1) is 12.7 Å². The van der Waals surface area contributed by atoms with E-state index in [2.05, 4.69) is 15.5 Å². The Morgan fingerprint density at radius 2 is 2.28 bits per heavy atom. The molecule has 1 aromatic heterocycles. The van der Waals surface area contributed by atoms with Crippen molar-refractivity contribution < 1.29 is 4.74 Å². The minimum atomic E-state index is 0.359. The van der Waals surface area contributed by atoms with Gasteiger partial charge in [-0.05, 0) is 37.8 Å². The monoisotopic (exact) mass is 286 g/mol. The second kappa shape index (κ2) is 5.32. The van der Waals surface area contributed by atoms with Crippen molar-refractivity contribution in [3.05, 3.63) is 0 Å². The Morgan fingerprint density at radius 3 is 3.00 bits per heavy atom. The van der Waals surface area contributed by atoms with E-state index >= 15 is 0 Å². The van der Waals surface area contributed by atoms with Gasteiger partial charge in [-0.3, -0.25) is 0 Å². The van der Waals surface area contributed by atoms with Crippen LogP contribution in [0.15, 0.2) is 4.34 Å². The first-order chi connectivity index (χ1) is 8.76. The molecule has 0 bridgehead atoms. The van der Waals surface area contributed by atoms with Crippen LogP contribution in [0.25, 0.3) is 0 Å². The van der Waals surface area contributed by atoms with Crippen molar-refractivity contribution in [1.82, 2.24) is 15.5 Å². The first kappa shape index (κ1) is 12.7. The molecule has 0 aromatic carbocycles. The van der Waals surface area contributed by atoms with Crippen LogP contribution in [0.4, 0.5) is 5.13 Å². The number of piperidine rings is 1. The highest BCUT2D eigenvalue weighted by Gasteiger charge is 2.40. The van der Waals surface area contributed by atoms with E-state index in [1.54, 1.807) is 11.8 Å². The maximum atomic E-state index is 5.95. The number of hydrogen-bond donors (Lipinski definition) is 2. The second-order valence-corrected chi connectivity index (χ2v) is 7.38. The molecule has 1 aromatic rings. The Labute approximate surface area is 115 Å². The van der Waals surface area contributed by atoms with E-state index in [-0.39, 0.29) is 0 Å². The van der Waals surface area contributed by atoms with Gasteiger partial charge in [-0.2, -0.15) is 0 Å². The van der Waals surface area contributed by atoms with Crippen molar-refractivity contribution in [2.24, 2.45) is 5.41 Å². The average Bonchev–Trinajstić information content (AvgIpc) is 2.96. The number of anilines is 1. The molecule has 0 saturated carbocycles. The fourth-order valence-corrected chi connectivity index (χ4v) is 4.43. The van der Waals surface area contributed by atoms with Gasteiger partial charge in [0, 0.05) is 5.75 Å². The molecule has 3 N–H and O–H groups in total. The molecule has 2 fully saturated rings. The van der Waals surface area contributed by atoms with Crippen LogP contribution in [0.3, 0.4) is 0 Å². The van der Waals surface area contributed by atoms with E-state index < -0.39 is 0 Å². The Bertz CT molecular complexity index is 406. The number of nitrogens with two attached hydrogens (primary N) is 1. The molecular weight excluding hydrogens is 268 g/mol. The number of nitrogen functional groups attached to an aromatic ring is 1. The van der Waals surface area contributed by atoms with Gasteiger partial charge in [0.25, 0.3) is 0 Å². The zero-order chi connectivity index (χ0) is 12.4. The highest BCUT2D eigenvalue weighted by molar-refractivity contribution is 8.01. The lowest BCUT2D eigenvalue weighted by atomic mass is 9.77. The van der Waals surface area contributed by atoms with Crippen LogP contribution >= 0.6 is 23.1 Å². The molecule has 3 rings (SSSR count). The van der Waals surface area contributed by atoms with Gasteiger partial charge in [0.15, 0.2) is 4.34 Å². The third-order valence-electron chi connectivity index (χ3n) is 3.76. The zero-order valence-corrected chi connectivity index (χ0v) is 11.9. The molecule has 0 amide bonds. The number of rotatable bonds is 3. The smallest absolute Gasteiger partial charge is 0.203 e. The van der Waals surface area contributed by atoms with Crippen molar-refractivity contribution in [2.75, 3.05) is 31.2 Å². The Morgan fingerprint density at radius 1 is 1.44 bits per heavy atom. The summed E-state index contributed by atoms with van der Waals surface area (Å²) in [5.74, 6) is 0.962. The van der Waals surface area contributed by atoms with Gasteiger partial charge in [-0.1, -0.05) is 23.1 Å². The van der Waals surface area contributed by atoms with Gasteiger partial charge in [0.2, 0.25) is 5.13 Å². The number of nitrogens with zero attached hydrogens (tertiary/aromatic N) is 2. The molecule has 7 heteroatoms. The fraction of sp³-hybridized carbons (Fsp3) is 0.818. The minimum absolute atomic E-state index is 0.359. The number of thioether (sulfide) groups is 1. The van der Waals surface area contributed by atoms with Crippen LogP contribution in [0.1, 0.15) is 19.3 Å². The van der Waals surface area contributed by atoms with Crippen LogP contribution in [0.5, 0.6) is 0 Å². The number of hydrogen-bond acceptors (Lipinski definition) is 7. The highest BCUT2D eigenvalue weighted by Crippen LogP contribution is 2.41. The summed E-state index contributed by atoms with van der Waals surface area (Å²) in [7, 11) is 0. The van der Waals surface area contributed by atoms with Crippen molar-refractivity contribution in [3.63, 3.8) is 0 Å². The Hall–Kier alpha value is -0.370. The summed E-state index contributed by atoms with van der Waals surface area (Å²) in [5, 5.41) is 11.8. The predicted octanol–water partition coefficient (Wildman–Crippen LogP) is 1.37. The molecule has 3 heterocycles. The molecule has 0 radical (unpaired) electrons. The largest absolute Gasteiger partial charge is 0.377 e. The lowest BCUT2D eigenvalue weighted by Crippen LogP contribution is -2.37. The molecule has 5 nitrogen and oxygen atoms in total. The van der Waals surface area contributed by atoms with Crippen LogP contribution in [0.2, 0.25) is 0 Å². The van der Waals surface area contributed by atoms with E-state index in [4.69, 9.17) is 10.5 Å². The molecule has 2 aliphatic heterocycles. The summed E-state index contributed by atoms with van der Waals surface area (Å²) >= 11 is 3.16. The van der Waals surface area contributed by atoms with E-state index in [1.165, 1.54) is 30.6 Å². The molecule has 2 saturated heterocycles. The van der Waals surface area contributed by atoms with Gasteiger partial charge in [-0.15, -0.1) is 10.2 Å². The quantitative estimate of drug-likeness (QED) is 0.818. The molecule has 1 spiro atoms. The fourth-order valence-electron chi connectivity index (χ4n) is 2.75. The summed E-state index contributed by atoms with van der Waals surface area (Å²) in [5.41, 5.74) is 6.01. The lowest BCUT2D eigenvalue weighted by Gasteiger charge is -2.32. The van der Waals surface area contributed by atoms with Gasteiger partial charge in [-0.25, -0.2) is 0 Å². The molecule has 100 valence electrons. The first-order valence-corrected chi connectivity index (χ1v) is 8.10. The number of ether oxygens (including phenoxy) is 1. The Kier molecular flexibility index (Phi) is 3.74. The minimum Gasteiger partial charge on any atom is -0.377 e. The molecule has 1 atom stereocenters. The third kappa shape index (κ3) is 2.79. The SMILES string of the molecule is Nc1nnc(SC[C@@H]2CC3(CCNCC3)CO2)s1. The Balaban J connectivity index is 1.50. The first-order valence-electron chi connectivity index (χ1n) is 6.30.